The third-order valence-electron chi connectivity index (χ3n) is 1.95. The minimum atomic E-state index is 0.900. The summed E-state index contributed by atoms with van der Waals surface area (Å²) in [6.45, 7) is 2.06. The van der Waals surface area contributed by atoms with Crippen molar-refractivity contribution in [1.82, 2.24) is 10.2 Å². The first-order valence-corrected chi connectivity index (χ1v) is 4.14. The summed E-state index contributed by atoms with van der Waals surface area (Å²) in [5, 5.41) is 7.73. The van der Waals surface area contributed by atoms with Gasteiger partial charge in [0.15, 0.2) is 0 Å². The van der Waals surface area contributed by atoms with E-state index >= 15 is 0 Å². The SMILES string of the molecule is Cc1ccccc1-c1cc[c]nn1. The van der Waals surface area contributed by atoms with Crippen molar-refractivity contribution >= 4 is 0 Å². The van der Waals surface area contributed by atoms with Crippen LogP contribution in [-0.4, -0.2) is 10.2 Å². The second-order valence-electron chi connectivity index (χ2n) is 2.86. The van der Waals surface area contributed by atoms with Crippen LogP contribution in [-0.2, 0) is 0 Å². The van der Waals surface area contributed by atoms with Gasteiger partial charge in [0, 0.05) is 5.56 Å². The fourth-order valence-electron chi connectivity index (χ4n) is 1.27. The lowest BCUT2D eigenvalue weighted by Gasteiger charge is -2.01. The van der Waals surface area contributed by atoms with Gasteiger partial charge in [0.1, 0.15) is 6.20 Å². The van der Waals surface area contributed by atoms with Crippen molar-refractivity contribution in [3.63, 3.8) is 0 Å². The molecule has 0 unspecified atom stereocenters. The van der Waals surface area contributed by atoms with Crippen LogP contribution in [0.1, 0.15) is 5.56 Å². The third kappa shape index (κ3) is 1.56. The Bertz CT molecular complexity index is 396. The van der Waals surface area contributed by atoms with Crippen LogP contribution < -0.4 is 0 Å². The van der Waals surface area contributed by atoms with Crippen molar-refractivity contribution < 1.29 is 0 Å². The maximum atomic E-state index is 4.00. The zero-order valence-corrected chi connectivity index (χ0v) is 7.36. The predicted molar refractivity (Wildman–Crippen MR) is 51.0 cm³/mol. The molecule has 0 N–H and O–H groups in total. The number of benzene rings is 1. The second kappa shape index (κ2) is 3.35. The van der Waals surface area contributed by atoms with Gasteiger partial charge in [-0.15, -0.1) is 10.2 Å². The number of nitrogens with zero attached hydrogens (tertiary/aromatic N) is 2. The molecule has 0 bridgehead atoms. The number of aromatic nitrogens is 2. The molecule has 2 heteroatoms. The van der Waals surface area contributed by atoms with Gasteiger partial charge in [-0.25, -0.2) is 0 Å². The highest BCUT2D eigenvalue weighted by atomic mass is 15.1. The van der Waals surface area contributed by atoms with Gasteiger partial charge in [0.05, 0.1) is 5.69 Å². The minimum Gasteiger partial charge on any atom is -0.150 e. The molecular weight excluding hydrogens is 160 g/mol. The van der Waals surface area contributed by atoms with Crippen LogP contribution in [0.15, 0.2) is 36.4 Å². The van der Waals surface area contributed by atoms with E-state index in [0.717, 1.165) is 11.3 Å². The molecule has 0 aliphatic carbocycles. The lowest BCUT2D eigenvalue weighted by atomic mass is 10.1. The molecule has 1 heterocycles. The monoisotopic (exact) mass is 169 g/mol. The highest BCUT2D eigenvalue weighted by Gasteiger charge is 2.00. The Kier molecular flexibility index (Phi) is 2.04. The van der Waals surface area contributed by atoms with Crippen LogP contribution in [0.4, 0.5) is 0 Å². The van der Waals surface area contributed by atoms with E-state index in [1.807, 2.05) is 24.3 Å². The molecule has 0 saturated heterocycles. The minimum absolute atomic E-state index is 0.900. The van der Waals surface area contributed by atoms with E-state index in [1.54, 1.807) is 6.07 Å². The van der Waals surface area contributed by atoms with Crippen molar-refractivity contribution in [3.8, 4) is 11.3 Å². The lowest BCUT2D eigenvalue weighted by molar-refractivity contribution is 1.03. The van der Waals surface area contributed by atoms with Crippen LogP contribution >= 0.6 is 0 Å². The van der Waals surface area contributed by atoms with Gasteiger partial charge in [-0.1, -0.05) is 24.3 Å². The molecule has 1 aromatic heterocycles. The maximum Gasteiger partial charge on any atom is 0.113 e. The highest BCUT2D eigenvalue weighted by Crippen LogP contribution is 2.19. The number of hydrogen-bond acceptors (Lipinski definition) is 2. The molecule has 0 atom stereocenters. The van der Waals surface area contributed by atoms with Gasteiger partial charge in [0.25, 0.3) is 0 Å². The zero-order chi connectivity index (χ0) is 9.10. The van der Waals surface area contributed by atoms with Gasteiger partial charge < -0.3 is 0 Å². The topological polar surface area (TPSA) is 25.8 Å². The quantitative estimate of drug-likeness (QED) is 0.654. The Labute approximate surface area is 77.3 Å². The van der Waals surface area contributed by atoms with Gasteiger partial charge in [-0.05, 0) is 24.6 Å². The standard InChI is InChI=1S/C11H9N2/c1-9-5-2-3-6-10(9)11-7-4-8-12-13-11/h2-7H,1H3. The predicted octanol–water partition coefficient (Wildman–Crippen LogP) is 2.25. The first-order chi connectivity index (χ1) is 6.38. The number of aryl methyl sites for hydroxylation is 1. The Hall–Kier alpha value is -1.70. The molecule has 13 heavy (non-hydrogen) atoms. The molecular formula is C11H9N2. The van der Waals surface area contributed by atoms with Crippen LogP contribution in [0.25, 0.3) is 11.3 Å². The Morgan fingerprint density at radius 1 is 1.15 bits per heavy atom. The number of hydrogen-bond donors (Lipinski definition) is 0. The van der Waals surface area contributed by atoms with E-state index < -0.39 is 0 Å². The molecule has 2 aromatic rings. The Balaban J connectivity index is 2.54. The Morgan fingerprint density at radius 2 is 2.00 bits per heavy atom. The van der Waals surface area contributed by atoms with Crippen LogP contribution in [0.3, 0.4) is 0 Å². The summed E-state index contributed by atoms with van der Waals surface area (Å²) >= 11 is 0. The molecule has 0 aliphatic rings. The lowest BCUT2D eigenvalue weighted by Crippen LogP contribution is -1.87. The van der Waals surface area contributed by atoms with E-state index in [4.69, 9.17) is 0 Å². The fraction of sp³-hybridized carbons (Fsp3) is 0.0909. The Morgan fingerprint density at radius 3 is 2.69 bits per heavy atom. The largest absolute Gasteiger partial charge is 0.150 e. The first-order valence-electron chi connectivity index (χ1n) is 4.14. The van der Waals surface area contributed by atoms with E-state index in [-0.39, 0.29) is 0 Å². The molecule has 0 fully saturated rings. The molecule has 0 aliphatic heterocycles. The van der Waals surface area contributed by atoms with E-state index in [0.29, 0.717) is 0 Å². The summed E-state index contributed by atoms with van der Waals surface area (Å²) in [6, 6.07) is 11.8. The normalized spacial score (nSPS) is 9.92. The van der Waals surface area contributed by atoms with Crippen molar-refractivity contribution in [2.24, 2.45) is 0 Å². The van der Waals surface area contributed by atoms with Crippen LogP contribution in [0.5, 0.6) is 0 Å². The molecule has 2 rings (SSSR count). The summed E-state index contributed by atoms with van der Waals surface area (Å²) in [5.41, 5.74) is 3.24. The molecule has 1 radical (unpaired) electrons. The molecule has 63 valence electrons. The van der Waals surface area contributed by atoms with Crippen molar-refractivity contribution in [2.45, 2.75) is 6.92 Å². The van der Waals surface area contributed by atoms with Crippen LogP contribution in [0.2, 0.25) is 0 Å². The third-order valence-corrected chi connectivity index (χ3v) is 1.95. The first kappa shape index (κ1) is 7.92. The van der Waals surface area contributed by atoms with Gasteiger partial charge in [-0.3, -0.25) is 0 Å². The average molecular weight is 169 g/mol. The van der Waals surface area contributed by atoms with Crippen molar-refractivity contribution in [2.75, 3.05) is 0 Å². The van der Waals surface area contributed by atoms with Crippen molar-refractivity contribution in [3.05, 3.63) is 48.2 Å². The maximum absolute atomic E-state index is 4.00. The molecule has 2 nitrogen and oxygen atoms in total. The molecule has 0 spiro atoms. The summed E-state index contributed by atoms with van der Waals surface area (Å²) in [5.74, 6) is 0. The van der Waals surface area contributed by atoms with Crippen molar-refractivity contribution in [1.29, 1.82) is 0 Å². The molecule has 0 saturated carbocycles. The van der Waals surface area contributed by atoms with E-state index in [1.165, 1.54) is 5.56 Å². The smallest absolute Gasteiger partial charge is 0.113 e. The van der Waals surface area contributed by atoms with E-state index in [9.17, 15) is 0 Å². The zero-order valence-electron chi connectivity index (χ0n) is 7.36. The van der Waals surface area contributed by atoms with E-state index in [2.05, 4.69) is 29.4 Å². The number of rotatable bonds is 1. The summed E-state index contributed by atoms with van der Waals surface area (Å²) < 4.78 is 0. The van der Waals surface area contributed by atoms with Gasteiger partial charge in [-0.2, -0.15) is 0 Å². The summed E-state index contributed by atoms with van der Waals surface area (Å²) in [7, 11) is 0. The van der Waals surface area contributed by atoms with Gasteiger partial charge >= 0.3 is 0 Å². The van der Waals surface area contributed by atoms with Crippen LogP contribution in [0, 0.1) is 13.1 Å². The fourth-order valence-corrected chi connectivity index (χ4v) is 1.27. The second-order valence-corrected chi connectivity index (χ2v) is 2.86. The average Bonchev–Trinajstić information content (AvgIpc) is 2.20. The van der Waals surface area contributed by atoms with Gasteiger partial charge in [0.2, 0.25) is 0 Å². The molecule has 0 amide bonds. The molecule has 1 aromatic carbocycles. The summed E-state index contributed by atoms with van der Waals surface area (Å²) in [4.78, 5) is 0. The summed E-state index contributed by atoms with van der Waals surface area (Å²) in [6.07, 6.45) is 2.66. The highest BCUT2D eigenvalue weighted by molar-refractivity contribution is 5.62.